The molecule has 0 aliphatic carbocycles. The molecule has 1 aromatic heterocycles. The zero-order valence-corrected chi connectivity index (χ0v) is 14.5. The summed E-state index contributed by atoms with van der Waals surface area (Å²) in [5.41, 5.74) is 0.369. The number of aromatic amines is 1. The van der Waals surface area contributed by atoms with Crippen LogP contribution in [0.3, 0.4) is 0 Å². The van der Waals surface area contributed by atoms with Crippen LogP contribution in [0.25, 0.3) is 5.76 Å². The van der Waals surface area contributed by atoms with Gasteiger partial charge in [-0.25, -0.2) is 4.99 Å². The summed E-state index contributed by atoms with van der Waals surface area (Å²) in [6.45, 7) is 0. The molecular weight excluding hydrogens is 353 g/mol. The van der Waals surface area contributed by atoms with Crippen LogP contribution in [0.4, 0.5) is 8.63 Å². The third-order valence-corrected chi connectivity index (χ3v) is 3.73. The van der Waals surface area contributed by atoms with E-state index in [1.54, 1.807) is 0 Å². The van der Waals surface area contributed by atoms with Crippen molar-refractivity contribution in [1.82, 2.24) is 4.98 Å². The van der Waals surface area contributed by atoms with Gasteiger partial charge in [-0.2, -0.15) is 0 Å². The molecule has 8 nitrogen and oxygen atoms in total. The predicted octanol–water partition coefficient (Wildman–Crippen LogP) is 0.675. The second-order valence-electron chi connectivity index (χ2n) is 5.17. The fraction of sp³-hybridized carbons (Fsp3) is 0.267. The third-order valence-electron chi connectivity index (χ3n) is 3.73. The molecule has 0 unspecified atom stereocenters. The highest BCUT2D eigenvalue weighted by atomic mass is 19.3. The standard InChI is InChI=1S/C15H16BF2N2O6/c1-21-10-6-19-12(14(10)23-3)8-5-9(26-16(17,18)25-8)13-15(24-4)11(22-2)7-20-13/h5-7,19H,1-4H3/q-1/p+1/b13-9+. The molecule has 140 valence electrons. The van der Waals surface area contributed by atoms with Crippen LogP contribution in [0, 0.1) is 0 Å². The summed E-state index contributed by atoms with van der Waals surface area (Å²) in [6, 6.07) is 0. The first-order valence-electron chi connectivity index (χ1n) is 7.50. The Kier molecular flexibility index (Phi) is 4.53. The summed E-state index contributed by atoms with van der Waals surface area (Å²) in [6.07, 6.45) is 4.23. The quantitative estimate of drug-likeness (QED) is 0.742. The van der Waals surface area contributed by atoms with E-state index in [4.69, 9.17) is 28.3 Å². The second-order valence-corrected chi connectivity index (χ2v) is 5.17. The van der Waals surface area contributed by atoms with Gasteiger partial charge in [-0.1, -0.05) is 0 Å². The number of ether oxygens (including phenoxy) is 4. The molecule has 2 N–H and O–H groups in total. The lowest BCUT2D eigenvalue weighted by molar-refractivity contribution is -0.389. The number of hydrogen-bond donors (Lipinski definition) is 2. The maximum atomic E-state index is 14.1. The summed E-state index contributed by atoms with van der Waals surface area (Å²) in [5.74, 6) is 0.786. The van der Waals surface area contributed by atoms with Crippen molar-refractivity contribution in [2.75, 3.05) is 28.4 Å². The SMILES string of the molecule is COC1=C(OC)/C(=C2/C=C(c3[nH]cc(OC)c3OC)O[B-](F)(F)O2)[NH+]=C1. The monoisotopic (exact) mass is 370 g/mol. The van der Waals surface area contributed by atoms with Gasteiger partial charge >= 0.3 is 7.11 Å². The summed E-state index contributed by atoms with van der Waals surface area (Å²) in [5, 5.41) is 0. The van der Waals surface area contributed by atoms with Crippen molar-refractivity contribution in [1.29, 1.82) is 0 Å². The van der Waals surface area contributed by atoms with Gasteiger partial charge in [0.15, 0.2) is 17.3 Å². The molecule has 3 rings (SSSR count). The number of allylic oxidation sites excluding steroid dienone is 2. The van der Waals surface area contributed by atoms with Crippen molar-refractivity contribution in [3.63, 3.8) is 0 Å². The van der Waals surface area contributed by atoms with E-state index in [2.05, 4.69) is 9.98 Å². The van der Waals surface area contributed by atoms with E-state index >= 15 is 0 Å². The molecule has 2 aliphatic heterocycles. The van der Waals surface area contributed by atoms with Crippen LogP contribution in [0.2, 0.25) is 0 Å². The average Bonchev–Trinajstić information content (AvgIpc) is 3.22. The lowest BCUT2D eigenvalue weighted by Gasteiger charge is -2.33. The Labute approximate surface area is 147 Å². The smallest absolute Gasteiger partial charge is 0.626 e. The number of nitrogens with one attached hydrogen (secondary N) is 2. The summed E-state index contributed by atoms with van der Waals surface area (Å²) in [7, 11) is 1.02. The first-order valence-corrected chi connectivity index (χ1v) is 7.50. The Bertz CT molecular complexity index is 843. The van der Waals surface area contributed by atoms with E-state index in [9.17, 15) is 8.63 Å². The van der Waals surface area contributed by atoms with Gasteiger partial charge < -0.3 is 41.9 Å². The third kappa shape index (κ3) is 2.96. The highest BCUT2D eigenvalue weighted by Crippen LogP contribution is 2.40. The van der Waals surface area contributed by atoms with Gasteiger partial charge in [0.1, 0.15) is 11.5 Å². The fourth-order valence-electron chi connectivity index (χ4n) is 2.63. The largest absolute Gasteiger partial charge is 0.726 e. The molecule has 0 amide bonds. The molecule has 2 aliphatic rings. The van der Waals surface area contributed by atoms with Crippen molar-refractivity contribution in [2.24, 2.45) is 0 Å². The zero-order valence-electron chi connectivity index (χ0n) is 14.5. The molecule has 0 saturated heterocycles. The minimum atomic E-state index is -4.62. The topological polar surface area (TPSA) is 85.1 Å². The number of rotatable bonds is 5. The van der Waals surface area contributed by atoms with Crippen molar-refractivity contribution >= 4 is 19.1 Å². The van der Waals surface area contributed by atoms with Crippen LogP contribution >= 0.6 is 0 Å². The van der Waals surface area contributed by atoms with Gasteiger partial charge in [0.2, 0.25) is 17.7 Å². The zero-order chi connectivity index (χ0) is 18.9. The molecule has 0 bridgehead atoms. The number of methoxy groups -OCH3 is 4. The summed E-state index contributed by atoms with van der Waals surface area (Å²) < 4.78 is 58.3. The first kappa shape index (κ1) is 17.7. The van der Waals surface area contributed by atoms with Gasteiger partial charge in [0.05, 0.1) is 28.4 Å². The van der Waals surface area contributed by atoms with Crippen LogP contribution in [0.15, 0.2) is 35.2 Å². The van der Waals surface area contributed by atoms with Gasteiger partial charge in [0, 0.05) is 12.3 Å². The normalized spacial score (nSPS) is 21.1. The Hall–Kier alpha value is -3.11. The highest BCUT2D eigenvalue weighted by Gasteiger charge is 2.42. The molecule has 1 aromatic rings. The molecule has 3 heterocycles. The van der Waals surface area contributed by atoms with Crippen molar-refractivity contribution in [3.05, 3.63) is 40.9 Å². The predicted molar refractivity (Wildman–Crippen MR) is 87.1 cm³/mol. The van der Waals surface area contributed by atoms with Crippen LogP contribution in [-0.2, 0) is 18.8 Å². The fourth-order valence-corrected chi connectivity index (χ4v) is 2.63. The summed E-state index contributed by atoms with van der Waals surface area (Å²) in [4.78, 5) is 5.60. The van der Waals surface area contributed by atoms with E-state index in [1.165, 1.54) is 46.9 Å². The van der Waals surface area contributed by atoms with Crippen molar-refractivity contribution in [2.45, 2.75) is 0 Å². The van der Waals surface area contributed by atoms with Crippen LogP contribution < -0.4 is 14.5 Å². The summed E-state index contributed by atoms with van der Waals surface area (Å²) >= 11 is 0. The highest BCUT2D eigenvalue weighted by molar-refractivity contribution is 6.53. The molecule has 11 heteroatoms. The molecule has 0 spiro atoms. The lowest BCUT2D eigenvalue weighted by atomic mass is 10.1. The van der Waals surface area contributed by atoms with E-state index in [0.717, 1.165) is 0 Å². The first-order chi connectivity index (χ1) is 12.4. The lowest BCUT2D eigenvalue weighted by Crippen LogP contribution is -2.65. The Morgan fingerprint density at radius 2 is 1.81 bits per heavy atom. The number of halogens is 2. The molecule has 0 fully saturated rings. The van der Waals surface area contributed by atoms with Crippen LogP contribution in [-0.4, -0.2) is 46.7 Å². The molecule has 0 aromatic carbocycles. The van der Waals surface area contributed by atoms with Gasteiger partial charge in [-0.15, -0.1) is 0 Å². The Morgan fingerprint density at radius 1 is 1.04 bits per heavy atom. The Balaban J connectivity index is 2.13. The van der Waals surface area contributed by atoms with Gasteiger partial charge in [-0.05, 0) is 0 Å². The molecule has 0 atom stereocenters. The number of H-pyrrole nitrogens is 1. The molecule has 0 saturated carbocycles. The maximum absolute atomic E-state index is 14.1. The maximum Gasteiger partial charge on any atom is 0.726 e. The molecular formula is C15H17BF2N2O6. The van der Waals surface area contributed by atoms with E-state index in [-0.39, 0.29) is 34.4 Å². The minimum absolute atomic E-state index is 0.174. The average molecular weight is 370 g/mol. The molecule has 26 heavy (non-hydrogen) atoms. The minimum Gasteiger partial charge on any atom is -0.626 e. The van der Waals surface area contributed by atoms with Gasteiger partial charge in [-0.3, -0.25) is 0 Å². The molecule has 0 radical (unpaired) electrons. The van der Waals surface area contributed by atoms with E-state index < -0.39 is 7.11 Å². The van der Waals surface area contributed by atoms with Crippen LogP contribution in [0.5, 0.6) is 11.5 Å². The van der Waals surface area contributed by atoms with Crippen LogP contribution in [0.1, 0.15) is 5.69 Å². The van der Waals surface area contributed by atoms with E-state index in [0.29, 0.717) is 11.5 Å². The van der Waals surface area contributed by atoms with Crippen molar-refractivity contribution in [3.8, 4) is 11.5 Å². The van der Waals surface area contributed by atoms with Gasteiger partial charge in [0.25, 0.3) is 5.70 Å². The number of hydrogen-bond acceptors (Lipinski definition) is 6. The number of aromatic nitrogens is 1. The second kappa shape index (κ2) is 6.66. The van der Waals surface area contributed by atoms with Crippen molar-refractivity contribution < 1.29 is 41.9 Å². The van der Waals surface area contributed by atoms with E-state index in [1.807, 2.05) is 0 Å². The Morgan fingerprint density at radius 3 is 2.42 bits per heavy atom.